The van der Waals surface area contributed by atoms with Crippen LogP contribution in [0.4, 0.5) is 0 Å². The largest absolute Gasteiger partial charge is 0.508 e. The van der Waals surface area contributed by atoms with Gasteiger partial charge in [0.1, 0.15) is 5.75 Å². The first-order valence-corrected chi connectivity index (χ1v) is 8.48. The standard InChI is InChI=1S/C21H30O/c1-3-4-5-6-7-8-9-10-11-12-13-16-19(2)20-17-14-15-18-21(20)22/h4-5,9-10,12-15,17-19,22H,3,6-8,11,16H2,1-2H3/b5-4+,10-9-,13-12-. The minimum absolute atomic E-state index is 0.354. The van der Waals surface area contributed by atoms with Gasteiger partial charge in [-0.2, -0.15) is 0 Å². The van der Waals surface area contributed by atoms with E-state index in [4.69, 9.17) is 0 Å². The number of para-hydroxylation sites is 1. The van der Waals surface area contributed by atoms with E-state index in [0.29, 0.717) is 11.7 Å². The topological polar surface area (TPSA) is 20.2 Å². The van der Waals surface area contributed by atoms with E-state index in [1.54, 1.807) is 6.07 Å². The molecule has 1 atom stereocenters. The van der Waals surface area contributed by atoms with Gasteiger partial charge in [0.15, 0.2) is 0 Å². The monoisotopic (exact) mass is 298 g/mol. The van der Waals surface area contributed by atoms with Crippen LogP contribution in [0.3, 0.4) is 0 Å². The van der Waals surface area contributed by atoms with E-state index in [-0.39, 0.29) is 0 Å². The van der Waals surface area contributed by atoms with Crippen molar-refractivity contribution in [3.05, 3.63) is 66.3 Å². The lowest BCUT2D eigenvalue weighted by Crippen LogP contribution is -1.91. The smallest absolute Gasteiger partial charge is 0.119 e. The average Bonchev–Trinajstić information content (AvgIpc) is 2.53. The van der Waals surface area contributed by atoms with Crippen molar-refractivity contribution in [1.82, 2.24) is 0 Å². The summed E-state index contributed by atoms with van der Waals surface area (Å²) in [5.41, 5.74) is 1.03. The van der Waals surface area contributed by atoms with Gasteiger partial charge in [-0.25, -0.2) is 0 Å². The van der Waals surface area contributed by atoms with Gasteiger partial charge in [-0.1, -0.05) is 68.5 Å². The maximum absolute atomic E-state index is 9.82. The van der Waals surface area contributed by atoms with Crippen LogP contribution in [0.15, 0.2) is 60.7 Å². The summed E-state index contributed by atoms with van der Waals surface area (Å²) in [5, 5.41) is 9.82. The molecular weight excluding hydrogens is 268 g/mol. The highest BCUT2D eigenvalue weighted by Crippen LogP contribution is 2.27. The second-order valence-corrected chi connectivity index (χ2v) is 5.68. The first-order valence-electron chi connectivity index (χ1n) is 8.48. The maximum Gasteiger partial charge on any atom is 0.119 e. The molecule has 0 radical (unpaired) electrons. The Kier molecular flexibility index (Phi) is 9.85. The maximum atomic E-state index is 9.82. The van der Waals surface area contributed by atoms with Crippen molar-refractivity contribution < 1.29 is 5.11 Å². The van der Waals surface area contributed by atoms with E-state index >= 15 is 0 Å². The molecule has 120 valence electrons. The van der Waals surface area contributed by atoms with Gasteiger partial charge in [-0.15, -0.1) is 0 Å². The Hall–Kier alpha value is -1.76. The number of phenolic OH excluding ortho intramolecular Hbond substituents is 1. The molecule has 0 aliphatic carbocycles. The van der Waals surface area contributed by atoms with Crippen molar-refractivity contribution in [2.45, 2.75) is 58.3 Å². The van der Waals surface area contributed by atoms with Crippen molar-refractivity contribution in [3.8, 4) is 5.75 Å². The molecule has 1 aromatic carbocycles. The Morgan fingerprint density at radius 1 is 0.955 bits per heavy atom. The number of rotatable bonds is 10. The van der Waals surface area contributed by atoms with Crippen LogP contribution in [0.2, 0.25) is 0 Å². The van der Waals surface area contributed by atoms with Gasteiger partial charge < -0.3 is 5.11 Å². The SMILES string of the molecule is CC/C=C/CCC/C=C\C/C=C\CC(C)c1ccccc1O. The number of aromatic hydroxyl groups is 1. The normalized spacial score (nSPS) is 13.5. The fourth-order valence-corrected chi connectivity index (χ4v) is 2.36. The molecule has 0 saturated carbocycles. The third-order valence-electron chi connectivity index (χ3n) is 3.71. The molecular formula is C21H30O. The fraction of sp³-hybridized carbons (Fsp3) is 0.429. The molecule has 1 unspecified atom stereocenters. The second-order valence-electron chi connectivity index (χ2n) is 5.68. The quantitative estimate of drug-likeness (QED) is 0.385. The molecule has 1 heteroatoms. The third-order valence-corrected chi connectivity index (χ3v) is 3.71. The lowest BCUT2D eigenvalue weighted by Gasteiger charge is -2.10. The summed E-state index contributed by atoms with van der Waals surface area (Å²) >= 11 is 0. The van der Waals surface area contributed by atoms with Crippen molar-refractivity contribution in [2.75, 3.05) is 0 Å². The van der Waals surface area contributed by atoms with Crippen LogP contribution >= 0.6 is 0 Å². The van der Waals surface area contributed by atoms with Crippen molar-refractivity contribution in [1.29, 1.82) is 0 Å². The fourth-order valence-electron chi connectivity index (χ4n) is 2.36. The van der Waals surface area contributed by atoms with Crippen LogP contribution in [-0.4, -0.2) is 5.11 Å². The van der Waals surface area contributed by atoms with Crippen LogP contribution in [0.25, 0.3) is 0 Å². The van der Waals surface area contributed by atoms with Gasteiger partial charge in [-0.3, -0.25) is 0 Å². The van der Waals surface area contributed by atoms with E-state index in [1.165, 1.54) is 12.8 Å². The van der Waals surface area contributed by atoms with Gasteiger partial charge >= 0.3 is 0 Å². The van der Waals surface area contributed by atoms with E-state index < -0.39 is 0 Å². The highest BCUT2D eigenvalue weighted by molar-refractivity contribution is 5.34. The first kappa shape index (κ1) is 18.3. The number of hydrogen-bond donors (Lipinski definition) is 1. The summed E-state index contributed by atoms with van der Waals surface area (Å²) in [6.45, 7) is 4.32. The average molecular weight is 298 g/mol. The summed E-state index contributed by atoms with van der Waals surface area (Å²) in [6.07, 6.45) is 20.1. The van der Waals surface area contributed by atoms with Gasteiger partial charge in [0.25, 0.3) is 0 Å². The Morgan fingerprint density at radius 3 is 2.36 bits per heavy atom. The Bertz CT molecular complexity index is 482. The van der Waals surface area contributed by atoms with E-state index in [2.05, 4.69) is 50.3 Å². The molecule has 1 rings (SSSR count). The summed E-state index contributed by atoms with van der Waals surface area (Å²) in [5.74, 6) is 0.757. The zero-order valence-electron chi connectivity index (χ0n) is 14.0. The summed E-state index contributed by atoms with van der Waals surface area (Å²) < 4.78 is 0. The van der Waals surface area contributed by atoms with E-state index in [0.717, 1.165) is 31.2 Å². The predicted molar refractivity (Wildman–Crippen MR) is 97.3 cm³/mol. The molecule has 0 saturated heterocycles. The highest BCUT2D eigenvalue weighted by Gasteiger charge is 2.07. The third kappa shape index (κ3) is 7.87. The molecule has 0 heterocycles. The van der Waals surface area contributed by atoms with Crippen molar-refractivity contribution in [2.24, 2.45) is 0 Å². The highest BCUT2D eigenvalue weighted by atomic mass is 16.3. The predicted octanol–water partition coefficient (Wildman–Crippen LogP) is 6.52. The Balaban J connectivity index is 2.16. The number of hydrogen-bond acceptors (Lipinski definition) is 1. The molecule has 0 fully saturated rings. The molecule has 0 aliphatic heterocycles. The first-order chi connectivity index (χ1) is 10.8. The summed E-state index contributed by atoms with van der Waals surface area (Å²) in [4.78, 5) is 0. The van der Waals surface area contributed by atoms with Gasteiger partial charge in [-0.05, 0) is 56.1 Å². The minimum Gasteiger partial charge on any atom is -0.508 e. The van der Waals surface area contributed by atoms with E-state index in [9.17, 15) is 5.11 Å². The lowest BCUT2D eigenvalue weighted by molar-refractivity contribution is 0.463. The number of unbranched alkanes of at least 4 members (excludes halogenated alkanes) is 2. The summed E-state index contributed by atoms with van der Waals surface area (Å²) in [7, 11) is 0. The molecule has 1 N–H and O–H groups in total. The number of benzene rings is 1. The van der Waals surface area contributed by atoms with Gasteiger partial charge in [0.2, 0.25) is 0 Å². The van der Waals surface area contributed by atoms with Crippen LogP contribution in [0.5, 0.6) is 5.75 Å². The molecule has 0 amide bonds. The van der Waals surface area contributed by atoms with Gasteiger partial charge in [0.05, 0.1) is 0 Å². The Labute approximate surface area is 136 Å². The molecule has 0 aliphatic rings. The van der Waals surface area contributed by atoms with Crippen molar-refractivity contribution >= 4 is 0 Å². The number of allylic oxidation sites excluding steroid dienone is 6. The molecule has 0 spiro atoms. The van der Waals surface area contributed by atoms with Crippen LogP contribution < -0.4 is 0 Å². The molecule has 22 heavy (non-hydrogen) atoms. The second kappa shape index (κ2) is 11.9. The Morgan fingerprint density at radius 2 is 1.64 bits per heavy atom. The lowest BCUT2D eigenvalue weighted by atomic mass is 9.96. The summed E-state index contributed by atoms with van der Waals surface area (Å²) in [6, 6.07) is 7.60. The molecule has 1 nitrogen and oxygen atoms in total. The molecule has 0 aromatic heterocycles. The minimum atomic E-state index is 0.354. The number of phenols is 1. The van der Waals surface area contributed by atoms with Gasteiger partial charge in [0, 0.05) is 0 Å². The zero-order chi connectivity index (χ0) is 16.0. The van der Waals surface area contributed by atoms with E-state index in [1.807, 2.05) is 18.2 Å². The molecule has 1 aromatic rings. The van der Waals surface area contributed by atoms with Crippen LogP contribution in [0.1, 0.15) is 63.9 Å². The van der Waals surface area contributed by atoms with Crippen molar-refractivity contribution in [3.63, 3.8) is 0 Å². The molecule has 0 bridgehead atoms. The van der Waals surface area contributed by atoms with Crippen LogP contribution in [-0.2, 0) is 0 Å². The van der Waals surface area contributed by atoms with Crippen LogP contribution in [0, 0.1) is 0 Å². The zero-order valence-corrected chi connectivity index (χ0v) is 14.0.